The van der Waals surface area contributed by atoms with E-state index in [1.54, 1.807) is 11.3 Å². The molecule has 0 aliphatic carbocycles. The highest BCUT2D eigenvalue weighted by atomic mass is 32.1. The van der Waals surface area contributed by atoms with Crippen LogP contribution in [0.4, 0.5) is 5.13 Å². The van der Waals surface area contributed by atoms with Gasteiger partial charge in [0.1, 0.15) is 0 Å². The van der Waals surface area contributed by atoms with Gasteiger partial charge in [-0.15, -0.1) is 11.3 Å². The average molecular weight is 294 g/mol. The van der Waals surface area contributed by atoms with Crippen LogP contribution < -0.4 is 4.90 Å². The monoisotopic (exact) mass is 294 g/mol. The van der Waals surface area contributed by atoms with Gasteiger partial charge in [0, 0.05) is 44.6 Å². The molecule has 4 nitrogen and oxygen atoms in total. The zero-order valence-electron chi connectivity index (χ0n) is 12.6. The van der Waals surface area contributed by atoms with E-state index in [9.17, 15) is 0 Å². The Morgan fingerprint density at radius 2 is 1.60 bits per heavy atom. The van der Waals surface area contributed by atoms with Gasteiger partial charge in [0.05, 0.1) is 5.69 Å². The van der Waals surface area contributed by atoms with Crippen LogP contribution in [-0.4, -0.2) is 67.1 Å². The molecule has 20 heavy (non-hydrogen) atoms. The number of likely N-dealkylation sites (tertiary alicyclic amines) is 1. The summed E-state index contributed by atoms with van der Waals surface area (Å²) in [7, 11) is 0. The van der Waals surface area contributed by atoms with Crippen molar-refractivity contribution in [3.63, 3.8) is 0 Å². The predicted molar refractivity (Wildman–Crippen MR) is 85.8 cm³/mol. The summed E-state index contributed by atoms with van der Waals surface area (Å²) in [5, 5.41) is 3.36. The standard InChI is InChI=1S/C15H26N4S/c1-14-13-20-15(16-14)19-11-9-18(10-12-19)8-7-17-5-3-2-4-6-17/h13H,2-12H2,1H3. The molecular formula is C15H26N4S. The highest BCUT2D eigenvalue weighted by Crippen LogP contribution is 2.21. The van der Waals surface area contributed by atoms with Crippen molar-refractivity contribution in [1.82, 2.24) is 14.8 Å². The van der Waals surface area contributed by atoms with E-state index in [0.717, 1.165) is 18.8 Å². The number of nitrogens with zero attached hydrogens (tertiary/aromatic N) is 4. The summed E-state index contributed by atoms with van der Waals surface area (Å²) >= 11 is 1.78. The third-order valence-corrected chi connectivity index (χ3v) is 5.45. The Balaban J connectivity index is 1.39. The van der Waals surface area contributed by atoms with E-state index in [2.05, 4.69) is 32.0 Å². The van der Waals surface area contributed by atoms with Crippen molar-refractivity contribution in [2.75, 3.05) is 57.3 Å². The molecule has 0 bridgehead atoms. The largest absolute Gasteiger partial charge is 0.346 e. The van der Waals surface area contributed by atoms with E-state index in [4.69, 9.17) is 0 Å². The molecule has 2 aliphatic heterocycles. The Hall–Kier alpha value is -0.650. The van der Waals surface area contributed by atoms with E-state index in [-0.39, 0.29) is 0 Å². The van der Waals surface area contributed by atoms with Gasteiger partial charge in [0.25, 0.3) is 0 Å². The lowest BCUT2D eigenvalue weighted by molar-refractivity contribution is 0.177. The maximum Gasteiger partial charge on any atom is 0.185 e. The summed E-state index contributed by atoms with van der Waals surface area (Å²) in [6, 6.07) is 0. The summed E-state index contributed by atoms with van der Waals surface area (Å²) in [6.07, 6.45) is 4.23. The summed E-state index contributed by atoms with van der Waals surface area (Å²) < 4.78 is 0. The minimum absolute atomic E-state index is 1.13. The number of piperidine rings is 1. The Kier molecular flexibility index (Phi) is 4.91. The maximum atomic E-state index is 4.60. The predicted octanol–water partition coefficient (Wildman–Crippen LogP) is 2.06. The van der Waals surface area contributed by atoms with Gasteiger partial charge in [0.15, 0.2) is 5.13 Å². The van der Waals surface area contributed by atoms with Crippen LogP contribution in [0, 0.1) is 6.92 Å². The molecule has 0 spiro atoms. The van der Waals surface area contributed by atoms with Crippen LogP contribution in [0.1, 0.15) is 25.0 Å². The first-order chi connectivity index (χ1) is 9.81. The molecule has 2 saturated heterocycles. The molecule has 2 aliphatic rings. The number of piperazine rings is 1. The number of thiazole rings is 1. The Morgan fingerprint density at radius 1 is 0.950 bits per heavy atom. The first kappa shape index (κ1) is 14.3. The van der Waals surface area contributed by atoms with Crippen molar-refractivity contribution in [2.45, 2.75) is 26.2 Å². The van der Waals surface area contributed by atoms with Gasteiger partial charge >= 0.3 is 0 Å². The molecule has 112 valence electrons. The molecule has 0 radical (unpaired) electrons. The second-order valence-electron chi connectivity index (χ2n) is 6.00. The molecule has 0 unspecified atom stereocenters. The number of hydrogen-bond acceptors (Lipinski definition) is 5. The fourth-order valence-corrected chi connectivity index (χ4v) is 3.97. The van der Waals surface area contributed by atoms with Crippen molar-refractivity contribution in [3.05, 3.63) is 11.1 Å². The summed E-state index contributed by atoms with van der Waals surface area (Å²) in [6.45, 7) is 11.9. The first-order valence-corrected chi connectivity index (χ1v) is 8.81. The van der Waals surface area contributed by atoms with Crippen molar-refractivity contribution in [1.29, 1.82) is 0 Å². The molecule has 0 atom stereocenters. The number of hydrogen-bond donors (Lipinski definition) is 0. The normalized spacial score (nSPS) is 22.4. The topological polar surface area (TPSA) is 22.6 Å². The molecule has 0 aromatic carbocycles. The smallest absolute Gasteiger partial charge is 0.185 e. The van der Waals surface area contributed by atoms with Crippen molar-refractivity contribution >= 4 is 16.5 Å². The summed E-state index contributed by atoms with van der Waals surface area (Å²) in [5.74, 6) is 0. The second-order valence-corrected chi connectivity index (χ2v) is 6.84. The Labute approximate surface area is 126 Å². The lowest BCUT2D eigenvalue weighted by Gasteiger charge is -2.36. The van der Waals surface area contributed by atoms with Gasteiger partial charge in [-0.05, 0) is 32.9 Å². The van der Waals surface area contributed by atoms with Crippen LogP contribution in [0.15, 0.2) is 5.38 Å². The highest BCUT2D eigenvalue weighted by molar-refractivity contribution is 7.13. The number of aromatic nitrogens is 1. The zero-order valence-corrected chi connectivity index (χ0v) is 13.4. The SMILES string of the molecule is Cc1csc(N2CCN(CCN3CCCCC3)CC2)n1. The van der Waals surface area contributed by atoms with Gasteiger partial charge in [-0.2, -0.15) is 0 Å². The molecule has 2 fully saturated rings. The van der Waals surface area contributed by atoms with Crippen molar-refractivity contribution in [2.24, 2.45) is 0 Å². The van der Waals surface area contributed by atoms with Crippen molar-refractivity contribution in [3.8, 4) is 0 Å². The molecule has 5 heteroatoms. The van der Waals surface area contributed by atoms with E-state index in [1.165, 1.54) is 63.7 Å². The Morgan fingerprint density at radius 3 is 2.20 bits per heavy atom. The van der Waals surface area contributed by atoms with E-state index < -0.39 is 0 Å². The zero-order chi connectivity index (χ0) is 13.8. The van der Waals surface area contributed by atoms with Crippen LogP contribution in [0.3, 0.4) is 0 Å². The van der Waals surface area contributed by atoms with Gasteiger partial charge in [0.2, 0.25) is 0 Å². The number of anilines is 1. The molecule has 1 aromatic heterocycles. The molecule has 0 amide bonds. The minimum Gasteiger partial charge on any atom is -0.346 e. The third kappa shape index (κ3) is 3.71. The van der Waals surface area contributed by atoms with Gasteiger partial charge < -0.3 is 9.80 Å². The second kappa shape index (κ2) is 6.87. The van der Waals surface area contributed by atoms with Crippen LogP contribution in [0.25, 0.3) is 0 Å². The lowest BCUT2D eigenvalue weighted by atomic mass is 10.1. The Bertz CT molecular complexity index is 406. The average Bonchev–Trinajstić information content (AvgIpc) is 2.93. The minimum atomic E-state index is 1.13. The molecule has 0 saturated carbocycles. The molecule has 3 heterocycles. The first-order valence-electron chi connectivity index (χ1n) is 7.93. The summed E-state index contributed by atoms with van der Waals surface area (Å²) in [4.78, 5) is 12.3. The quantitative estimate of drug-likeness (QED) is 0.848. The fourth-order valence-electron chi connectivity index (χ4n) is 3.12. The molecule has 1 aromatic rings. The van der Waals surface area contributed by atoms with Crippen LogP contribution in [-0.2, 0) is 0 Å². The third-order valence-electron chi connectivity index (χ3n) is 4.43. The van der Waals surface area contributed by atoms with Gasteiger partial charge in [-0.25, -0.2) is 4.98 Å². The van der Waals surface area contributed by atoms with Crippen molar-refractivity contribution < 1.29 is 0 Å². The van der Waals surface area contributed by atoms with Gasteiger partial charge in [-0.3, -0.25) is 4.90 Å². The fraction of sp³-hybridized carbons (Fsp3) is 0.800. The van der Waals surface area contributed by atoms with E-state index >= 15 is 0 Å². The van der Waals surface area contributed by atoms with Crippen LogP contribution in [0.2, 0.25) is 0 Å². The van der Waals surface area contributed by atoms with E-state index in [1.807, 2.05) is 0 Å². The van der Waals surface area contributed by atoms with Crippen LogP contribution in [0.5, 0.6) is 0 Å². The number of aryl methyl sites for hydroxylation is 1. The van der Waals surface area contributed by atoms with Crippen LogP contribution >= 0.6 is 11.3 Å². The molecule has 0 N–H and O–H groups in total. The highest BCUT2D eigenvalue weighted by Gasteiger charge is 2.19. The number of rotatable bonds is 4. The molecular weight excluding hydrogens is 268 g/mol. The maximum absolute atomic E-state index is 4.60. The van der Waals surface area contributed by atoms with E-state index in [0.29, 0.717) is 0 Å². The van der Waals surface area contributed by atoms with Gasteiger partial charge in [-0.1, -0.05) is 6.42 Å². The summed E-state index contributed by atoms with van der Waals surface area (Å²) in [5.41, 5.74) is 1.15. The lowest BCUT2D eigenvalue weighted by Crippen LogP contribution is -2.48. The molecule has 3 rings (SSSR count).